The number of likely N-dealkylation sites (N-methyl/N-ethyl adjacent to an activating group) is 1. The third-order valence-corrected chi connectivity index (χ3v) is 3.45. The maximum absolute atomic E-state index is 4.42. The molecule has 2 aromatic rings. The van der Waals surface area contributed by atoms with Gasteiger partial charge in [0.05, 0.1) is 0 Å². The lowest BCUT2D eigenvalue weighted by molar-refractivity contribution is 0.847. The molecule has 0 atom stereocenters. The second-order valence-corrected chi connectivity index (χ2v) is 5.12. The number of hydrogen-bond acceptors (Lipinski definition) is 5. The van der Waals surface area contributed by atoms with Crippen molar-refractivity contribution in [2.45, 2.75) is 26.7 Å². The standard InChI is InChI=1S/C16H23N5/c1-4-8-18-15-13(2)16(20-12-19-15)21(3)11-7-14-5-9-17-10-6-14/h5-6,9-10,12H,4,7-8,11H2,1-3H3,(H,18,19,20). The first-order chi connectivity index (χ1) is 10.2. The molecule has 0 saturated heterocycles. The molecule has 21 heavy (non-hydrogen) atoms. The minimum Gasteiger partial charge on any atom is -0.370 e. The lowest BCUT2D eigenvalue weighted by atomic mass is 10.2. The van der Waals surface area contributed by atoms with E-state index >= 15 is 0 Å². The van der Waals surface area contributed by atoms with Gasteiger partial charge in [-0.3, -0.25) is 4.98 Å². The van der Waals surface area contributed by atoms with E-state index in [-0.39, 0.29) is 0 Å². The molecule has 112 valence electrons. The van der Waals surface area contributed by atoms with Crippen molar-refractivity contribution >= 4 is 11.6 Å². The summed E-state index contributed by atoms with van der Waals surface area (Å²) in [6.07, 6.45) is 7.34. The average molecular weight is 285 g/mol. The van der Waals surface area contributed by atoms with Gasteiger partial charge >= 0.3 is 0 Å². The molecule has 0 aliphatic carbocycles. The lowest BCUT2D eigenvalue weighted by Gasteiger charge is -2.21. The van der Waals surface area contributed by atoms with Crippen molar-refractivity contribution in [2.24, 2.45) is 0 Å². The second kappa shape index (κ2) is 7.57. The summed E-state index contributed by atoms with van der Waals surface area (Å²) < 4.78 is 0. The maximum Gasteiger partial charge on any atom is 0.136 e. The quantitative estimate of drug-likeness (QED) is 0.847. The highest BCUT2D eigenvalue weighted by molar-refractivity contribution is 5.57. The Hall–Kier alpha value is -2.17. The van der Waals surface area contributed by atoms with Crippen molar-refractivity contribution in [3.05, 3.63) is 42.0 Å². The van der Waals surface area contributed by atoms with Crippen LogP contribution in [-0.4, -0.2) is 35.1 Å². The first-order valence-electron chi connectivity index (χ1n) is 7.38. The number of nitrogens with one attached hydrogen (secondary N) is 1. The maximum atomic E-state index is 4.42. The van der Waals surface area contributed by atoms with E-state index in [1.54, 1.807) is 6.33 Å². The van der Waals surface area contributed by atoms with E-state index < -0.39 is 0 Å². The van der Waals surface area contributed by atoms with Gasteiger partial charge < -0.3 is 10.2 Å². The molecular weight excluding hydrogens is 262 g/mol. The van der Waals surface area contributed by atoms with Gasteiger partial charge in [-0.25, -0.2) is 9.97 Å². The van der Waals surface area contributed by atoms with Crippen LogP contribution < -0.4 is 10.2 Å². The number of aromatic nitrogens is 3. The van der Waals surface area contributed by atoms with Gasteiger partial charge in [0.1, 0.15) is 18.0 Å². The molecule has 0 saturated carbocycles. The molecule has 0 aliphatic rings. The van der Waals surface area contributed by atoms with E-state index in [2.05, 4.69) is 58.2 Å². The molecule has 5 nitrogen and oxygen atoms in total. The number of nitrogens with zero attached hydrogens (tertiary/aromatic N) is 4. The van der Waals surface area contributed by atoms with Crippen LogP contribution in [-0.2, 0) is 6.42 Å². The molecule has 2 aromatic heterocycles. The molecule has 2 rings (SSSR count). The van der Waals surface area contributed by atoms with Crippen LogP contribution in [0.3, 0.4) is 0 Å². The summed E-state index contributed by atoms with van der Waals surface area (Å²) in [5.41, 5.74) is 2.39. The van der Waals surface area contributed by atoms with Gasteiger partial charge in [0, 0.05) is 38.1 Å². The number of pyridine rings is 1. The van der Waals surface area contributed by atoms with E-state index in [0.29, 0.717) is 0 Å². The molecule has 5 heteroatoms. The lowest BCUT2D eigenvalue weighted by Crippen LogP contribution is -2.23. The fourth-order valence-electron chi connectivity index (χ4n) is 2.20. The second-order valence-electron chi connectivity index (χ2n) is 5.12. The Morgan fingerprint density at radius 3 is 2.67 bits per heavy atom. The largest absolute Gasteiger partial charge is 0.370 e. The first kappa shape index (κ1) is 15.2. The molecule has 0 fully saturated rings. The first-order valence-corrected chi connectivity index (χ1v) is 7.38. The normalized spacial score (nSPS) is 10.4. The predicted molar refractivity (Wildman–Crippen MR) is 86.8 cm³/mol. The summed E-state index contributed by atoms with van der Waals surface area (Å²) in [4.78, 5) is 15.0. The van der Waals surface area contributed by atoms with E-state index in [9.17, 15) is 0 Å². The molecule has 0 amide bonds. The van der Waals surface area contributed by atoms with Crippen LogP contribution in [0, 0.1) is 6.92 Å². The molecule has 0 aliphatic heterocycles. The fraction of sp³-hybridized carbons (Fsp3) is 0.438. The van der Waals surface area contributed by atoms with Crippen molar-refractivity contribution in [3.63, 3.8) is 0 Å². The summed E-state index contributed by atoms with van der Waals surface area (Å²) >= 11 is 0. The van der Waals surface area contributed by atoms with E-state index in [0.717, 1.165) is 43.1 Å². The zero-order valence-electron chi connectivity index (χ0n) is 13.0. The number of hydrogen-bond donors (Lipinski definition) is 1. The minimum atomic E-state index is 0.912. The van der Waals surface area contributed by atoms with Gasteiger partial charge in [0.2, 0.25) is 0 Å². The molecule has 0 aromatic carbocycles. The SMILES string of the molecule is CCCNc1ncnc(N(C)CCc2ccncc2)c1C. The number of rotatable bonds is 7. The van der Waals surface area contributed by atoms with Crippen molar-refractivity contribution in [2.75, 3.05) is 30.4 Å². The Balaban J connectivity index is 2.03. The highest BCUT2D eigenvalue weighted by atomic mass is 15.2. The monoisotopic (exact) mass is 285 g/mol. The molecule has 0 radical (unpaired) electrons. The topological polar surface area (TPSA) is 53.9 Å². The predicted octanol–water partition coefficient (Wildman–Crippen LogP) is 2.68. The molecule has 0 spiro atoms. The van der Waals surface area contributed by atoms with Gasteiger partial charge in [-0.15, -0.1) is 0 Å². The van der Waals surface area contributed by atoms with Crippen molar-refractivity contribution in [1.29, 1.82) is 0 Å². The van der Waals surface area contributed by atoms with Crippen LogP contribution in [0.25, 0.3) is 0 Å². The van der Waals surface area contributed by atoms with Gasteiger partial charge in [-0.1, -0.05) is 6.92 Å². The Bertz CT molecular complexity index is 556. The van der Waals surface area contributed by atoms with E-state index in [1.807, 2.05) is 12.4 Å². The zero-order valence-corrected chi connectivity index (χ0v) is 13.0. The Kier molecular flexibility index (Phi) is 5.49. The van der Waals surface area contributed by atoms with Crippen molar-refractivity contribution in [1.82, 2.24) is 15.0 Å². The Morgan fingerprint density at radius 2 is 1.95 bits per heavy atom. The molecule has 0 bridgehead atoms. The van der Waals surface area contributed by atoms with Crippen LogP contribution in [0.5, 0.6) is 0 Å². The van der Waals surface area contributed by atoms with Gasteiger partial charge in [-0.05, 0) is 37.5 Å². The third-order valence-electron chi connectivity index (χ3n) is 3.45. The highest BCUT2D eigenvalue weighted by Crippen LogP contribution is 2.21. The number of anilines is 2. The molecule has 2 heterocycles. The summed E-state index contributed by atoms with van der Waals surface area (Å²) in [6, 6.07) is 4.10. The van der Waals surface area contributed by atoms with E-state index in [1.165, 1.54) is 5.56 Å². The van der Waals surface area contributed by atoms with Crippen molar-refractivity contribution in [3.8, 4) is 0 Å². The summed E-state index contributed by atoms with van der Waals surface area (Å²) in [7, 11) is 2.07. The van der Waals surface area contributed by atoms with Crippen LogP contribution in [0.15, 0.2) is 30.9 Å². The Morgan fingerprint density at radius 1 is 1.19 bits per heavy atom. The fourth-order valence-corrected chi connectivity index (χ4v) is 2.20. The molecular formula is C16H23N5. The van der Waals surface area contributed by atoms with Gasteiger partial charge in [0.15, 0.2) is 0 Å². The van der Waals surface area contributed by atoms with Crippen LogP contribution in [0.1, 0.15) is 24.5 Å². The zero-order chi connectivity index (χ0) is 15.1. The third kappa shape index (κ3) is 4.15. The van der Waals surface area contributed by atoms with Gasteiger partial charge in [0.25, 0.3) is 0 Å². The average Bonchev–Trinajstić information content (AvgIpc) is 2.52. The van der Waals surface area contributed by atoms with Gasteiger partial charge in [-0.2, -0.15) is 0 Å². The Labute approximate surface area is 126 Å². The van der Waals surface area contributed by atoms with Crippen LogP contribution in [0.2, 0.25) is 0 Å². The van der Waals surface area contributed by atoms with Crippen molar-refractivity contribution < 1.29 is 0 Å². The minimum absolute atomic E-state index is 0.912. The molecule has 0 unspecified atom stereocenters. The smallest absolute Gasteiger partial charge is 0.136 e. The summed E-state index contributed by atoms with van der Waals surface area (Å²) in [5.74, 6) is 1.91. The summed E-state index contributed by atoms with van der Waals surface area (Å²) in [5, 5.41) is 3.35. The van der Waals surface area contributed by atoms with E-state index in [4.69, 9.17) is 0 Å². The highest BCUT2D eigenvalue weighted by Gasteiger charge is 2.10. The van der Waals surface area contributed by atoms with Crippen LogP contribution in [0.4, 0.5) is 11.6 Å². The van der Waals surface area contributed by atoms with Crippen LogP contribution >= 0.6 is 0 Å². The molecule has 1 N–H and O–H groups in total. The summed E-state index contributed by atoms with van der Waals surface area (Å²) in [6.45, 7) is 6.05.